The molecule has 1 N–H and O–H groups in total. The number of aryl methyl sites for hydroxylation is 2. The second-order valence-corrected chi connectivity index (χ2v) is 6.37. The molecule has 0 bridgehead atoms. The number of fused-ring (bicyclic) bond motifs is 3. The summed E-state index contributed by atoms with van der Waals surface area (Å²) in [4.78, 5) is 25.6. The number of nitrogens with one attached hydrogen (secondary N) is 1. The molecule has 0 aliphatic carbocycles. The second-order valence-electron chi connectivity index (χ2n) is 6.37. The van der Waals surface area contributed by atoms with E-state index in [9.17, 15) is 9.59 Å². The first kappa shape index (κ1) is 17.0. The Kier molecular flexibility index (Phi) is 4.19. The number of carbonyl (C=O) groups is 1. The van der Waals surface area contributed by atoms with Crippen molar-refractivity contribution in [2.45, 2.75) is 26.8 Å². The van der Waals surface area contributed by atoms with Crippen LogP contribution in [0.4, 0.5) is 5.69 Å². The smallest absolute Gasteiger partial charge is 0.297 e. The van der Waals surface area contributed by atoms with E-state index in [1.807, 2.05) is 62.4 Å². The first-order chi connectivity index (χ1) is 13.1. The highest BCUT2D eigenvalue weighted by Gasteiger charge is 2.17. The zero-order valence-electron chi connectivity index (χ0n) is 15.1. The lowest BCUT2D eigenvalue weighted by Crippen LogP contribution is -2.29. The lowest BCUT2D eigenvalue weighted by molar-refractivity contribution is -0.116. The Morgan fingerprint density at radius 1 is 1.04 bits per heavy atom. The maximum Gasteiger partial charge on any atom is 0.297 e. The minimum Gasteiger partial charge on any atom is -0.324 e. The SMILES string of the molecule is CCc1nnc2c(=O)n(CC(=O)Nc3ccccc3C)c3ccccc3n12. The summed E-state index contributed by atoms with van der Waals surface area (Å²) in [5, 5.41) is 11.1. The van der Waals surface area contributed by atoms with E-state index in [4.69, 9.17) is 0 Å². The van der Waals surface area contributed by atoms with Gasteiger partial charge in [-0.15, -0.1) is 10.2 Å². The fourth-order valence-electron chi connectivity index (χ4n) is 3.25. The molecule has 0 saturated heterocycles. The molecule has 7 heteroatoms. The van der Waals surface area contributed by atoms with Crippen molar-refractivity contribution in [1.29, 1.82) is 0 Å². The molecule has 2 aromatic carbocycles. The summed E-state index contributed by atoms with van der Waals surface area (Å²) in [7, 11) is 0. The summed E-state index contributed by atoms with van der Waals surface area (Å²) in [5.41, 5.74) is 3.07. The normalized spacial score (nSPS) is 11.2. The maximum absolute atomic E-state index is 13.0. The maximum atomic E-state index is 13.0. The van der Waals surface area contributed by atoms with Crippen molar-refractivity contribution in [2.24, 2.45) is 0 Å². The van der Waals surface area contributed by atoms with Crippen LogP contribution in [0.1, 0.15) is 18.3 Å². The molecule has 136 valence electrons. The summed E-state index contributed by atoms with van der Waals surface area (Å²) in [6.45, 7) is 3.79. The van der Waals surface area contributed by atoms with E-state index in [0.29, 0.717) is 11.9 Å². The average molecular weight is 361 g/mol. The first-order valence-electron chi connectivity index (χ1n) is 8.81. The number of aromatic nitrogens is 4. The number of anilines is 1. The molecular weight excluding hydrogens is 342 g/mol. The molecule has 0 radical (unpaired) electrons. The van der Waals surface area contributed by atoms with Gasteiger partial charge >= 0.3 is 0 Å². The van der Waals surface area contributed by atoms with Crippen LogP contribution < -0.4 is 10.9 Å². The molecule has 1 amide bonds. The summed E-state index contributed by atoms with van der Waals surface area (Å²) >= 11 is 0. The minimum atomic E-state index is -0.333. The summed E-state index contributed by atoms with van der Waals surface area (Å²) in [6.07, 6.45) is 0.655. The fourth-order valence-corrected chi connectivity index (χ4v) is 3.25. The van der Waals surface area contributed by atoms with Gasteiger partial charge in [-0.3, -0.25) is 18.6 Å². The Labute approximate surface area is 155 Å². The molecule has 4 rings (SSSR count). The van der Waals surface area contributed by atoms with E-state index in [1.165, 1.54) is 4.57 Å². The highest BCUT2D eigenvalue weighted by molar-refractivity contribution is 5.92. The lowest BCUT2D eigenvalue weighted by atomic mass is 10.2. The van der Waals surface area contributed by atoms with Crippen molar-refractivity contribution in [1.82, 2.24) is 19.2 Å². The molecule has 4 aromatic rings. The Morgan fingerprint density at radius 3 is 2.48 bits per heavy atom. The van der Waals surface area contributed by atoms with Crippen molar-refractivity contribution in [2.75, 3.05) is 5.32 Å². The third-order valence-electron chi connectivity index (χ3n) is 4.62. The molecule has 0 unspecified atom stereocenters. The van der Waals surface area contributed by atoms with E-state index in [0.717, 1.165) is 22.6 Å². The van der Waals surface area contributed by atoms with Crippen LogP contribution >= 0.6 is 0 Å². The Hall–Kier alpha value is -3.48. The van der Waals surface area contributed by atoms with Crippen LogP contribution in [-0.4, -0.2) is 25.1 Å². The van der Waals surface area contributed by atoms with Gasteiger partial charge in [-0.2, -0.15) is 0 Å². The molecule has 2 heterocycles. The highest BCUT2D eigenvalue weighted by Crippen LogP contribution is 2.17. The van der Waals surface area contributed by atoms with E-state index in [2.05, 4.69) is 15.5 Å². The summed E-state index contributed by atoms with van der Waals surface area (Å²) in [6, 6.07) is 15.0. The molecular formula is C20H19N5O2. The van der Waals surface area contributed by atoms with Crippen LogP contribution in [0.2, 0.25) is 0 Å². The number of benzene rings is 2. The van der Waals surface area contributed by atoms with Crippen molar-refractivity contribution in [3.05, 3.63) is 70.3 Å². The van der Waals surface area contributed by atoms with Crippen LogP contribution in [0.5, 0.6) is 0 Å². The molecule has 2 aromatic heterocycles. The number of hydrogen-bond acceptors (Lipinski definition) is 4. The molecule has 0 aliphatic rings. The Bertz CT molecular complexity index is 1220. The van der Waals surface area contributed by atoms with E-state index in [1.54, 1.807) is 4.40 Å². The van der Waals surface area contributed by atoms with Gasteiger partial charge in [0.05, 0.1) is 11.0 Å². The van der Waals surface area contributed by atoms with Crippen molar-refractivity contribution in [3.8, 4) is 0 Å². The van der Waals surface area contributed by atoms with Gasteiger partial charge in [0, 0.05) is 12.1 Å². The number of para-hydroxylation sites is 3. The number of hydrogen-bond donors (Lipinski definition) is 1. The highest BCUT2D eigenvalue weighted by atomic mass is 16.2. The first-order valence-corrected chi connectivity index (χ1v) is 8.81. The molecule has 0 saturated carbocycles. The number of nitrogens with zero attached hydrogens (tertiary/aromatic N) is 4. The molecule has 0 aliphatic heterocycles. The van der Waals surface area contributed by atoms with Gasteiger partial charge in [0.1, 0.15) is 12.4 Å². The third kappa shape index (κ3) is 2.87. The Morgan fingerprint density at radius 2 is 1.74 bits per heavy atom. The second kappa shape index (κ2) is 6.68. The van der Waals surface area contributed by atoms with E-state index < -0.39 is 0 Å². The fraction of sp³-hybridized carbons (Fsp3) is 0.200. The van der Waals surface area contributed by atoms with Crippen LogP contribution in [0, 0.1) is 6.92 Å². The monoisotopic (exact) mass is 361 g/mol. The van der Waals surface area contributed by atoms with Crippen molar-refractivity contribution in [3.63, 3.8) is 0 Å². The predicted molar refractivity (Wildman–Crippen MR) is 104 cm³/mol. The molecule has 0 fully saturated rings. The minimum absolute atomic E-state index is 0.0987. The average Bonchev–Trinajstić information content (AvgIpc) is 3.11. The zero-order chi connectivity index (χ0) is 19.0. The molecule has 0 spiro atoms. The van der Waals surface area contributed by atoms with Gasteiger partial charge in [-0.05, 0) is 30.7 Å². The number of rotatable bonds is 4. The number of carbonyl (C=O) groups excluding carboxylic acids is 1. The van der Waals surface area contributed by atoms with Gasteiger partial charge in [0.25, 0.3) is 5.56 Å². The van der Waals surface area contributed by atoms with Gasteiger partial charge in [0.15, 0.2) is 0 Å². The van der Waals surface area contributed by atoms with Crippen LogP contribution in [0.25, 0.3) is 16.7 Å². The van der Waals surface area contributed by atoms with Gasteiger partial charge < -0.3 is 5.32 Å². The van der Waals surface area contributed by atoms with E-state index >= 15 is 0 Å². The number of amides is 1. The van der Waals surface area contributed by atoms with Crippen molar-refractivity contribution < 1.29 is 4.79 Å². The standard InChI is InChI=1S/C20H19N5O2/c1-3-17-22-23-19-20(27)24(15-10-6-7-11-16(15)25(17)19)12-18(26)21-14-9-5-4-8-13(14)2/h4-11H,3,12H2,1-2H3,(H,21,26). The zero-order valence-corrected chi connectivity index (χ0v) is 15.1. The van der Waals surface area contributed by atoms with Crippen molar-refractivity contribution >= 4 is 28.3 Å². The quantitative estimate of drug-likeness (QED) is 0.606. The molecule has 27 heavy (non-hydrogen) atoms. The van der Waals surface area contributed by atoms with Gasteiger partial charge in [-0.1, -0.05) is 37.3 Å². The Balaban J connectivity index is 1.81. The molecule has 7 nitrogen and oxygen atoms in total. The lowest BCUT2D eigenvalue weighted by Gasteiger charge is -2.13. The van der Waals surface area contributed by atoms with E-state index in [-0.39, 0.29) is 23.7 Å². The van der Waals surface area contributed by atoms with Gasteiger partial charge in [-0.25, -0.2) is 0 Å². The third-order valence-corrected chi connectivity index (χ3v) is 4.62. The largest absolute Gasteiger partial charge is 0.324 e. The summed E-state index contributed by atoms with van der Waals surface area (Å²) < 4.78 is 3.22. The topological polar surface area (TPSA) is 81.3 Å². The predicted octanol–water partition coefficient (Wildman–Crippen LogP) is 2.55. The van der Waals surface area contributed by atoms with Crippen LogP contribution in [0.3, 0.4) is 0 Å². The van der Waals surface area contributed by atoms with Gasteiger partial charge in [0.2, 0.25) is 11.6 Å². The molecule has 0 atom stereocenters. The van der Waals surface area contributed by atoms with Crippen LogP contribution in [-0.2, 0) is 17.8 Å². The summed E-state index contributed by atoms with van der Waals surface area (Å²) in [5.74, 6) is 0.450. The van der Waals surface area contributed by atoms with Crippen LogP contribution in [0.15, 0.2) is 53.3 Å².